The van der Waals surface area contributed by atoms with E-state index in [2.05, 4.69) is 19.2 Å². The van der Waals surface area contributed by atoms with E-state index in [4.69, 9.17) is 5.11 Å². The largest absolute Gasteiger partial charge is 0.481 e. The Labute approximate surface area is 109 Å². The number of carbonyl (C=O) groups is 1. The highest BCUT2D eigenvalue weighted by Crippen LogP contribution is 2.14. The normalized spacial score (nSPS) is 10.6. The summed E-state index contributed by atoms with van der Waals surface area (Å²) in [6.45, 7) is 5.40. The molecule has 0 unspecified atom stereocenters. The summed E-state index contributed by atoms with van der Waals surface area (Å²) in [5, 5.41) is 12.1. The minimum atomic E-state index is -0.745. The zero-order valence-corrected chi connectivity index (χ0v) is 11.3. The van der Waals surface area contributed by atoms with Gasteiger partial charge in [-0.3, -0.25) is 4.79 Å². The minimum absolute atomic E-state index is 0.190. The molecule has 0 radical (unpaired) electrons. The topological polar surface area (TPSA) is 49.3 Å². The fourth-order valence-corrected chi connectivity index (χ4v) is 1.93. The second-order valence-electron chi connectivity index (χ2n) is 4.66. The molecule has 0 atom stereocenters. The summed E-state index contributed by atoms with van der Waals surface area (Å²) in [6.07, 6.45) is 3.15. The summed E-state index contributed by atoms with van der Waals surface area (Å²) in [7, 11) is 0. The lowest BCUT2D eigenvalue weighted by Gasteiger charge is -2.14. The van der Waals surface area contributed by atoms with E-state index in [0.717, 1.165) is 17.8 Å². The van der Waals surface area contributed by atoms with Gasteiger partial charge >= 0.3 is 5.97 Å². The zero-order chi connectivity index (χ0) is 13.4. The van der Waals surface area contributed by atoms with Crippen molar-refractivity contribution in [2.75, 3.05) is 11.9 Å². The number of aliphatic carboxylic acids is 1. The van der Waals surface area contributed by atoms with Crippen molar-refractivity contribution in [1.82, 2.24) is 0 Å². The third kappa shape index (κ3) is 5.21. The van der Waals surface area contributed by atoms with Crippen LogP contribution in [0.4, 0.5) is 5.69 Å². The van der Waals surface area contributed by atoms with Crippen molar-refractivity contribution in [3.05, 3.63) is 29.8 Å². The Hall–Kier alpha value is -1.51. The van der Waals surface area contributed by atoms with Gasteiger partial charge in [0.15, 0.2) is 0 Å². The molecule has 0 amide bonds. The standard InChI is InChI=1S/C15H23NO2/c1-3-12(4-2)11-16-14-7-5-6-13(10-14)8-9-15(17)18/h5-7,10,12,16H,3-4,8-9,11H2,1-2H3,(H,17,18). The molecule has 18 heavy (non-hydrogen) atoms. The first-order valence-corrected chi connectivity index (χ1v) is 6.70. The Morgan fingerprint density at radius 2 is 2.06 bits per heavy atom. The maximum Gasteiger partial charge on any atom is 0.303 e. The van der Waals surface area contributed by atoms with Crippen molar-refractivity contribution < 1.29 is 9.90 Å². The molecule has 1 aromatic carbocycles. The number of anilines is 1. The van der Waals surface area contributed by atoms with Crippen LogP contribution in [-0.4, -0.2) is 17.6 Å². The molecule has 0 saturated heterocycles. The molecule has 0 aromatic heterocycles. The third-order valence-electron chi connectivity index (χ3n) is 3.30. The first kappa shape index (κ1) is 14.6. The summed E-state index contributed by atoms with van der Waals surface area (Å²) in [5.74, 6) is -0.0435. The molecule has 1 rings (SSSR count). The van der Waals surface area contributed by atoms with Crippen LogP contribution in [0.2, 0.25) is 0 Å². The molecule has 100 valence electrons. The van der Waals surface area contributed by atoms with Crippen molar-refractivity contribution in [3.8, 4) is 0 Å². The molecule has 3 nitrogen and oxygen atoms in total. The van der Waals surface area contributed by atoms with Crippen LogP contribution in [-0.2, 0) is 11.2 Å². The van der Waals surface area contributed by atoms with E-state index in [1.807, 2.05) is 24.3 Å². The van der Waals surface area contributed by atoms with Crippen molar-refractivity contribution in [2.45, 2.75) is 39.5 Å². The summed E-state index contributed by atoms with van der Waals surface area (Å²) < 4.78 is 0. The third-order valence-corrected chi connectivity index (χ3v) is 3.30. The highest BCUT2D eigenvalue weighted by Gasteiger charge is 2.04. The van der Waals surface area contributed by atoms with E-state index in [-0.39, 0.29) is 6.42 Å². The van der Waals surface area contributed by atoms with Crippen molar-refractivity contribution >= 4 is 11.7 Å². The Kier molecular flexibility index (Phi) is 6.26. The monoisotopic (exact) mass is 249 g/mol. The molecule has 0 heterocycles. The van der Waals surface area contributed by atoms with E-state index >= 15 is 0 Å². The lowest BCUT2D eigenvalue weighted by Crippen LogP contribution is -2.12. The first-order valence-electron chi connectivity index (χ1n) is 6.70. The number of hydrogen-bond donors (Lipinski definition) is 2. The van der Waals surface area contributed by atoms with Gasteiger partial charge in [-0.05, 0) is 30.0 Å². The number of carboxylic acids is 1. The van der Waals surface area contributed by atoms with E-state index in [1.54, 1.807) is 0 Å². The van der Waals surface area contributed by atoms with Crippen LogP contribution >= 0.6 is 0 Å². The Balaban J connectivity index is 2.51. The molecule has 1 aromatic rings. The highest BCUT2D eigenvalue weighted by molar-refractivity contribution is 5.67. The van der Waals surface area contributed by atoms with Crippen molar-refractivity contribution in [2.24, 2.45) is 5.92 Å². The molecule has 0 aliphatic carbocycles. The van der Waals surface area contributed by atoms with E-state index < -0.39 is 5.97 Å². The predicted octanol–water partition coefficient (Wildman–Crippen LogP) is 3.55. The highest BCUT2D eigenvalue weighted by atomic mass is 16.4. The number of aryl methyl sites for hydroxylation is 1. The molecule has 0 aliphatic rings. The average molecular weight is 249 g/mol. The predicted molar refractivity (Wildman–Crippen MR) is 75.0 cm³/mol. The van der Waals surface area contributed by atoms with Gasteiger partial charge < -0.3 is 10.4 Å². The van der Waals surface area contributed by atoms with Crippen LogP contribution in [0.5, 0.6) is 0 Å². The summed E-state index contributed by atoms with van der Waals surface area (Å²) in [6, 6.07) is 8.04. The SMILES string of the molecule is CCC(CC)CNc1cccc(CCC(=O)O)c1. The van der Waals surface area contributed by atoms with Gasteiger partial charge in [0.1, 0.15) is 0 Å². The van der Waals surface area contributed by atoms with Gasteiger partial charge in [0, 0.05) is 18.7 Å². The van der Waals surface area contributed by atoms with Crippen molar-refractivity contribution in [1.29, 1.82) is 0 Å². The van der Waals surface area contributed by atoms with E-state index in [1.165, 1.54) is 12.8 Å². The van der Waals surface area contributed by atoms with E-state index in [9.17, 15) is 4.79 Å². The van der Waals surface area contributed by atoms with Crippen molar-refractivity contribution in [3.63, 3.8) is 0 Å². The first-order chi connectivity index (χ1) is 8.65. The summed E-state index contributed by atoms with van der Waals surface area (Å²) >= 11 is 0. The fourth-order valence-electron chi connectivity index (χ4n) is 1.93. The molecule has 0 spiro atoms. The van der Waals surface area contributed by atoms with Crippen LogP contribution in [0, 0.1) is 5.92 Å². The molecular formula is C15H23NO2. The molecular weight excluding hydrogens is 226 g/mol. The van der Waals surface area contributed by atoms with Gasteiger partial charge in [-0.15, -0.1) is 0 Å². The molecule has 2 N–H and O–H groups in total. The number of rotatable bonds is 8. The average Bonchev–Trinajstić information content (AvgIpc) is 2.38. The second-order valence-corrected chi connectivity index (χ2v) is 4.66. The number of carboxylic acid groups (broad SMARTS) is 1. The molecule has 0 saturated carbocycles. The second kappa shape index (κ2) is 7.75. The van der Waals surface area contributed by atoms with Crippen LogP contribution < -0.4 is 5.32 Å². The van der Waals surface area contributed by atoms with Crippen LogP contribution in [0.1, 0.15) is 38.7 Å². The van der Waals surface area contributed by atoms with Crippen LogP contribution in [0.3, 0.4) is 0 Å². The summed E-state index contributed by atoms with van der Waals surface area (Å²) in [4.78, 5) is 10.5. The van der Waals surface area contributed by atoms with Gasteiger partial charge in [0.2, 0.25) is 0 Å². The maximum absolute atomic E-state index is 10.5. The molecule has 3 heteroatoms. The van der Waals surface area contributed by atoms with Gasteiger partial charge in [-0.2, -0.15) is 0 Å². The van der Waals surface area contributed by atoms with Crippen LogP contribution in [0.25, 0.3) is 0 Å². The summed E-state index contributed by atoms with van der Waals surface area (Å²) in [5.41, 5.74) is 2.16. The lowest BCUT2D eigenvalue weighted by molar-refractivity contribution is -0.136. The number of benzene rings is 1. The quantitative estimate of drug-likeness (QED) is 0.740. The Morgan fingerprint density at radius 1 is 1.33 bits per heavy atom. The van der Waals surface area contributed by atoms with Gasteiger partial charge in [-0.1, -0.05) is 38.8 Å². The molecule has 0 aliphatic heterocycles. The van der Waals surface area contributed by atoms with Gasteiger partial charge in [-0.25, -0.2) is 0 Å². The number of hydrogen-bond acceptors (Lipinski definition) is 2. The maximum atomic E-state index is 10.5. The lowest BCUT2D eigenvalue weighted by atomic mass is 10.0. The van der Waals surface area contributed by atoms with Crippen LogP contribution in [0.15, 0.2) is 24.3 Å². The molecule has 0 bridgehead atoms. The Bertz CT molecular complexity index is 373. The smallest absolute Gasteiger partial charge is 0.303 e. The van der Waals surface area contributed by atoms with Gasteiger partial charge in [0.25, 0.3) is 0 Å². The number of nitrogens with one attached hydrogen (secondary N) is 1. The zero-order valence-electron chi connectivity index (χ0n) is 11.3. The fraction of sp³-hybridized carbons (Fsp3) is 0.533. The van der Waals surface area contributed by atoms with Gasteiger partial charge in [0.05, 0.1) is 0 Å². The Morgan fingerprint density at radius 3 is 2.67 bits per heavy atom. The van der Waals surface area contributed by atoms with E-state index in [0.29, 0.717) is 12.3 Å². The molecule has 0 fully saturated rings. The minimum Gasteiger partial charge on any atom is -0.481 e.